The number of aromatic nitrogens is 3. The number of benzene rings is 2. The zero-order valence-electron chi connectivity index (χ0n) is 17.0. The van der Waals surface area contributed by atoms with Gasteiger partial charge in [0.05, 0.1) is 23.4 Å². The van der Waals surface area contributed by atoms with Gasteiger partial charge in [-0.15, -0.1) is 21.5 Å². The molecule has 4 aromatic rings. The van der Waals surface area contributed by atoms with Crippen molar-refractivity contribution >= 4 is 48.7 Å². The fourth-order valence-electron chi connectivity index (χ4n) is 3.26. The second-order valence-electron chi connectivity index (χ2n) is 7.04. The molecule has 2 aromatic heterocycles. The van der Waals surface area contributed by atoms with Gasteiger partial charge in [0.15, 0.2) is 21.5 Å². The molecule has 0 atom stereocenters. The monoisotopic (exact) mass is 551 g/mol. The van der Waals surface area contributed by atoms with Gasteiger partial charge in [-0.05, 0) is 53.8 Å². The van der Waals surface area contributed by atoms with Gasteiger partial charge in [0, 0.05) is 9.50 Å². The molecule has 0 spiro atoms. The molecule has 32 heavy (non-hydrogen) atoms. The number of thiophene rings is 1. The summed E-state index contributed by atoms with van der Waals surface area (Å²) < 4.78 is 34.1. The summed E-state index contributed by atoms with van der Waals surface area (Å²) in [4.78, 5) is 0.879. The smallest absolute Gasteiger partial charge is 0.178 e. The summed E-state index contributed by atoms with van der Waals surface area (Å²) in [6.45, 7) is 0. The molecular weight excluding hydrogens is 534 g/mol. The van der Waals surface area contributed by atoms with E-state index in [9.17, 15) is 8.42 Å². The minimum Gasteiger partial charge on any atom is -0.495 e. The molecule has 0 saturated carbocycles. The number of halogens is 2. The summed E-state index contributed by atoms with van der Waals surface area (Å²) >= 11 is 10.9. The first kappa shape index (κ1) is 23.0. The van der Waals surface area contributed by atoms with Crippen molar-refractivity contribution in [1.29, 1.82) is 0 Å². The number of rotatable bonds is 8. The Morgan fingerprint density at radius 3 is 2.59 bits per heavy atom. The lowest BCUT2D eigenvalue weighted by Gasteiger charge is -2.14. The average Bonchev–Trinajstić information content (AvgIpc) is 3.43. The number of methoxy groups -OCH3 is 1. The first-order valence-corrected chi connectivity index (χ1v) is 13.5. The van der Waals surface area contributed by atoms with Gasteiger partial charge in [0.25, 0.3) is 0 Å². The Hall–Kier alpha value is -2.20. The molecule has 166 valence electrons. The van der Waals surface area contributed by atoms with Crippen LogP contribution in [0.15, 0.2) is 64.5 Å². The maximum atomic E-state index is 13.0. The molecule has 6 nitrogen and oxygen atoms in total. The van der Waals surface area contributed by atoms with Gasteiger partial charge in [-0.3, -0.25) is 4.57 Å². The first-order chi connectivity index (χ1) is 15.4. The van der Waals surface area contributed by atoms with E-state index in [1.54, 1.807) is 23.8 Å². The highest BCUT2D eigenvalue weighted by Gasteiger charge is 2.24. The molecule has 2 aromatic carbocycles. The van der Waals surface area contributed by atoms with Gasteiger partial charge in [0.2, 0.25) is 0 Å². The van der Waals surface area contributed by atoms with Crippen molar-refractivity contribution in [3.05, 3.63) is 80.9 Å². The average molecular weight is 553 g/mol. The van der Waals surface area contributed by atoms with E-state index in [0.29, 0.717) is 34.5 Å². The number of hydrogen-bond donors (Lipinski definition) is 0. The van der Waals surface area contributed by atoms with Crippen LogP contribution < -0.4 is 4.74 Å². The summed E-state index contributed by atoms with van der Waals surface area (Å²) in [5, 5.41) is 11.1. The lowest BCUT2D eigenvalue weighted by molar-refractivity contribution is 0.412. The molecule has 2 heterocycles. The molecule has 0 aliphatic heterocycles. The third-order valence-corrected chi connectivity index (χ3v) is 7.95. The van der Waals surface area contributed by atoms with Crippen molar-refractivity contribution < 1.29 is 13.2 Å². The highest BCUT2D eigenvalue weighted by atomic mass is 79.9. The van der Waals surface area contributed by atoms with Crippen molar-refractivity contribution in [2.24, 2.45) is 0 Å². The van der Waals surface area contributed by atoms with E-state index in [1.165, 1.54) is 11.3 Å². The normalized spacial score (nSPS) is 11.6. The van der Waals surface area contributed by atoms with Gasteiger partial charge < -0.3 is 4.74 Å². The van der Waals surface area contributed by atoms with E-state index in [0.717, 1.165) is 14.9 Å². The SMILES string of the molecule is COc1ccc(Br)cc1-n1c(CS(=O)(=O)CCc2ccc(Cl)cc2)nnc1-c1cccs1. The molecule has 0 unspecified atom stereocenters. The largest absolute Gasteiger partial charge is 0.495 e. The Kier molecular flexibility index (Phi) is 6.99. The lowest BCUT2D eigenvalue weighted by Crippen LogP contribution is -2.15. The van der Waals surface area contributed by atoms with Gasteiger partial charge >= 0.3 is 0 Å². The Balaban J connectivity index is 1.70. The predicted molar refractivity (Wildman–Crippen MR) is 132 cm³/mol. The minimum atomic E-state index is -3.46. The molecular formula is C22H19BrClN3O3S2. The van der Waals surface area contributed by atoms with E-state index < -0.39 is 9.84 Å². The van der Waals surface area contributed by atoms with Crippen LogP contribution in [-0.2, 0) is 22.0 Å². The summed E-state index contributed by atoms with van der Waals surface area (Å²) in [6.07, 6.45) is 0.394. The van der Waals surface area contributed by atoms with E-state index >= 15 is 0 Å². The summed E-state index contributed by atoms with van der Waals surface area (Å²) in [5.41, 5.74) is 1.57. The van der Waals surface area contributed by atoms with Crippen molar-refractivity contribution in [3.63, 3.8) is 0 Å². The highest BCUT2D eigenvalue weighted by Crippen LogP contribution is 2.33. The zero-order valence-corrected chi connectivity index (χ0v) is 21.0. The highest BCUT2D eigenvalue weighted by molar-refractivity contribution is 9.10. The Bertz CT molecular complexity index is 1320. The van der Waals surface area contributed by atoms with Crippen LogP contribution in [0, 0.1) is 0 Å². The van der Waals surface area contributed by atoms with Crippen LogP contribution in [-0.4, -0.2) is 36.0 Å². The summed E-state index contributed by atoms with van der Waals surface area (Å²) in [6, 6.07) is 16.6. The van der Waals surface area contributed by atoms with Crippen LogP contribution in [0.4, 0.5) is 0 Å². The molecule has 0 radical (unpaired) electrons. The molecule has 0 bridgehead atoms. The number of nitrogens with zero attached hydrogens (tertiary/aromatic N) is 3. The topological polar surface area (TPSA) is 74.1 Å². The van der Waals surface area contributed by atoms with Crippen LogP contribution in [0.1, 0.15) is 11.4 Å². The van der Waals surface area contributed by atoms with Crippen molar-refractivity contribution in [2.75, 3.05) is 12.9 Å². The second-order valence-corrected chi connectivity index (χ2v) is 11.5. The third kappa shape index (κ3) is 5.23. The minimum absolute atomic E-state index is 0.00849. The molecule has 0 aliphatic rings. The fourth-order valence-corrected chi connectivity index (χ4v) is 5.70. The third-order valence-electron chi connectivity index (χ3n) is 4.82. The van der Waals surface area contributed by atoms with Gasteiger partial charge in [-0.25, -0.2) is 8.42 Å². The van der Waals surface area contributed by atoms with Crippen LogP contribution in [0.2, 0.25) is 5.02 Å². The fraction of sp³-hybridized carbons (Fsp3) is 0.182. The van der Waals surface area contributed by atoms with Gasteiger partial charge in [0.1, 0.15) is 11.5 Å². The molecule has 0 amide bonds. The van der Waals surface area contributed by atoms with Gasteiger partial charge in [-0.1, -0.05) is 45.7 Å². The van der Waals surface area contributed by atoms with Crippen molar-refractivity contribution in [1.82, 2.24) is 14.8 Å². The van der Waals surface area contributed by atoms with E-state index in [2.05, 4.69) is 26.1 Å². The summed E-state index contributed by atoms with van der Waals surface area (Å²) in [7, 11) is -1.89. The first-order valence-electron chi connectivity index (χ1n) is 9.63. The number of hydrogen-bond acceptors (Lipinski definition) is 6. The van der Waals surface area contributed by atoms with Crippen molar-refractivity contribution in [3.8, 4) is 22.1 Å². The van der Waals surface area contributed by atoms with E-state index in [4.69, 9.17) is 16.3 Å². The molecule has 4 rings (SSSR count). The maximum absolute atomic E-state index is 13.0. The molecule has 0 saturated heterocycles. The van der Waals surface area contributed by atoms with Crippen LogP contribution in [0.25, 0.3) is 16.4 Å². The quantitative estimate of drug-likeness (QED) is 0.285. The number of aryl methyl sites for hydroxylation is 1. The van der Waals surface area contributed by atoms with Crippen molar-refractivity contribution in [2.45, 2.75) is 12.2 Å². The zero-order chi connectivity index (χ0) is 22.7. The maximum Gasteiger partial charge on any atom is 0.178 e. The van der Waals surface area contributed by atoms with Crippen LogP contribution in [0.5, 0.6) is 5.75 Å². The number of sulfone groups is 1. The standard InChI is InChI=1S/C22H19BrClN3O3S2/c1-30-19-9-6-16(23)13-18(19)27-21(25-26-22(27)20-3-2-11-31-20)14-32(28,29)12-10-15-4-7-17(24)8-5-15/h2-9,11,13H,10,12,14H2,1H3. The van der Waals surface area contributed by atoms with Crippen LogP contribution in [0.3, 0.4) is 0 Å². The Morgan fingerprint density at radius 1 is 1.12 bits per heavy atom. The number of ether oxygens (including phenoxy) is 1. The molecule has 10 heteroatoms. The predicted octanol–water partition coefficient (Wildman–Crippen LogP) is 5.58. The molecule has 0 fully saturated rings. The molecule has 0 N–H and O–H groups in total. The van der Waals surface area contributed by atoms with Crippen LogP contribution >= 0.6 is 38.9 Å². The van der Waals surface area contributed by atoms with E-state index in [1.807, 2.05) is 47.8 Å². The summed E-state index contributed by atoms with van der Waals surface area (Å²) in [5.74, 6) is 1.24. The van der Waals surface area contributed by atoms with Gasteiger partial charge in [-0.2, -0.15) is 0 Å². The lowest BCUT2D eigenvalue weighted by atomic mass is 10.2. The Morgan fingerprint density at radius 2 is 1.91 bits per heavy atom. The second kappa shape index (κ2) is 9.74. The molecule has 0 aliphatic carbocycles. The Labute approximate surface area is 203 Å². The van der Waals surface area contributed by atoms with E-state index in [-0.39, 0.29) is 11.5 Å².